The quantitative estimate of drug-likeness (QED) is 0.789. The Morgan fingerprint density at radius 3 is 2.81 bits per heavy atom. The summed E-state index contributed by atoms with van der Waals surface area (Å²) < 4.78 is 0. The first-order valence-corrected chi connectivity index (χ1v) is 6.41. The van der Waals surface area contributed by atoms with Crippen LogP contribution in [0.2, 0.25) is 0 Å². The molecule has 1 aromatic rings. The van der Waals surface area contributed by atoms with Gasteiger partial charge in [0.05, 0.1) is 0 Å². The molecule has 1 nitrogen and oxygen atoms in total. The Kier molecular flexibility index (Phi) is 3.22. The van der Waals surface area contributed by atoms with Gasteiger partial charge in [-0.05, 0) is 42.2 Å². The minimum absolute atomic E-state index is 0.428. The first kappa shape index (κ1) is 11.5. The Bertz CT molecular complexity index is 360. The zero-order chi connectivity index (χ0) is 11.6. The van der Waals surface area contributed by atoms with Crippen molar-refractivity contribution in [3.63, 3.8) is 0 Å². The number of rotatable bonds is 2. The first-order valence-electron chi connectivity index (χ1n) is 6.41. The molecular weight excluding hydrogens is 194 g/mol. The second-order valence-electron chi connectivity index (χ2n) is 6.04. The van der Waals surface area contributed by atoms with Gasteiger partial charge in [-0.2, -0.15) is 0 Å². The van der Waals surface area contributed by atoms with E-state index < -0.39 is 0 Å². The minimum Gasteiger partial charge on any atom is -0.385 e. The summed E-state index contributed by atoms with van der Waals surface area (Å²) in [6.07, 6.45) is 4.96. The highest BCUT2D eigenvalue weighted by atomic mass is 14.9. The van der Waals surface area contributed by atoms with Crippen LogP contribution in [0.5, 0.6) is 0 Å². The van der Waals surface area contributed by atoms with Crippen LogP contribution in [0, 0.1) is 5.41 Å². The van der Waals surface area contributed by atoms with Crippen LogP contribution in [0.25, 0.3) is 0 Å². The fourth-order valence-electron chi connectivity index (χ4n) is 2.30. The van der Waals surface area contributed by atoms with E-state index in [9.17, 15) is 0 Å². The number of hydrogen-bond acceptors (Lipinski definition) is 1. The van der Waals surface area contributed by atoms with Crippen molar-refractivity contribution in [3.8, 4) is 0 Å². The van der Waals surface area contributed by atoms with Crippen molar-refractivity contribution >= 4 is 5.69 Å². The van der Waals surface area contributed by atoms with Gasteiger partial charge in [-0.15, -0.1) is 0 Å². The van der Waals surface area contributed by atoms with Gasteiger partial charge >= 0.3 is 0 Å². The van der Waals surface area contributed by atoms with E-state index in [-0.39, 0.29) is 0 Å². The summed E-state index contributed by atoms with van der Waals surface area (Å²) in [5, 5.41) is 3.57. The van der Waals surface area contributed by atoms with Crippen molar-refractivity contribution in [2.75, 3.05) is 11.9 Å². The molecule has 0 bridgehead atoms. The minimum atomic E-state index is 0.428. The Balaban J connectivity index is 2.15. The fraction of sp³-hybridized carbons (Fsp3) is 0.600. The van der Waals surface area contributed by atoms with E-state index >= 15 is 0 Å². The Hall–Kier alpha value is -0.980. The van der Waals surface area contributed by atoms with Gasteiger partial charge in [-0.3, -0.25) is 0 Å². The van der Waals surface area contributed by atoms with Crippen molar-refractivity contribution < 1.29 is 0 Å². The van der Waals surface area contributed by atoms with Crippen molar-refractivity contribution in [1.82, 2.24) is 0 Å². The Morgan fingerprint density at radius 1 is 1.25 bits per heavy atom. The number of anilines is 1. The largest absolute Gasteiger partial charge is 0.385 e. The Morgan fingerprint density at radius 2 is 2.06 bits per heavy atom. The van der Waals surface area contributed by atoms with E-state index in [4.69, 9.17) is 0 Å². The lowest BCUT2D eigenvalue weighted by molar-refractivity contribution is 0.378. The highest BCUT2D eigenvalue weighted by Gasteiger charge is 2.15. The Labute approximate surface area is 99.3 Å². The van der Waals surface area contributed by atoms with E-state index in [1.54, 1.807) is 0 Å². The standard InChI is InChI=1S/C15H23N/c1-15(2,3)10-9-13-7-4-6-12-8-5-11-16-14(12)13/h4,6-7,16H,5,8-11H2,1-3H3. The molecule has 2 rings (SSSR count). The zero-order valence-corrected chi connectivity index (χ0v) is 10.8. The summed E-state index contributed by atoms with van der Waals surface area (Å²) in [6, 6.07) is 6.76. The SMILES string of the molecule is CC(C)(C)CCc1cccc2c1NCCC2. The maximum Gasteiger partial charge on any atom is 0.0405 e. The van der Waals surface area contributed by atoms with E-state index in [2.05, 4.69) is 44.3 Å². The number of para-hydroxylation sites is 1. The number of benzene rings is 1. The zero-order valence-electron chi connectivity index (χ0n) is 10.8. The van der Waals surface area contributed by atoms with Crippen LogP contribution < -0.4 is 5.32 Å². The number of fused-ring (bicyclic) bond motifs is 1. The van der Waals surface area contributed by atoms with Gasteiger partial charge in [0.25, 0.3) is 0 Å². The molecule has 0 radical (unpaired) electrons. The smallest absolute Gasteiger partial charge is 0.0405 e. The third kappa shape index (κ3) is 2.78. The summed E-state index contributed by atoms with van der Waals surface area (Å²) in [4.78, 5) is 0. The molecule has 0 saturated heterocycles. The van der Waals surface area contributed by atoms with E-state index in [0.29, 0.717) is 5.41 Å². The monoisotopic (exact) mass is 217 g/mol. The summed E-state index contributed by atoms with van der Waals surface area (Å²) >= 11 is 0. The van der Waals surface area contributed by atoms with Gasteiger partial charge < -0.3 is 5.32 Å². The molecule has 0 aliphatic carbocycles. The molecule has 1 heteroatoms. The third-order valence-corrected chi connectivity index (χ3v) is 3.31. The summed E-state index contributed by atoms with van der Waals surface area (Å²) in [6.45, 7) is 8.08. The number of nitrogens with one attached hydrogen (secondary N) is 1. The van der Waals surface area contributed by atoms with Crippen molar-refractivity contribution in [1.29, 1.82) is 0 Å². The molecular formula is C15H23N. The molecule has 0 spiro atoms. The molecule has 0 saturated carbocycles. The van der Waals surface area contributed by atoms with Gasteiger partial charge in [0.15, 0.2) is 0 Å². The average molecular weight is 217 g/mol. The second-order valence-corrected chi connectivity index (χ2v) is 6.04. The molecule has 0 atom stereocenters. The van der Waals surface area contributed by atoms with Crippen molar-refractivity contribution in [2.24, 2.45) is 5.41 Å². The molecule has 88 valence electrons. The maximum atomic E-state index is 3.57. The van der Waals surface area contributed by atoms with Crippen molar-refractivity contribution in [3.05, 3.63) is 29.3 Å². The van der Waals surface area contributed by atoms with Crippen molar-refractivity contribution in [2.45, 2.75) is 46.5 Å². The fourth-order valence-corrected chi connectivity index (χ4v) is 2.30. The van der Waals surface area contributed by atoms with Gasteiger partial charge in [-0.1, -0.05) is 39.0 Å². The molecule has 1 aliphatic heterocycles. The molecule has 16 heavy (non-hydrogen) atoms. The molecule has 1 aromatic carbocycles. The first-order chi connectivity index (χ1) is 7.56. The molecule has 1 heterocycles. The molecule has 0 fully saturated rings. The van der Waals surface area contributed by atoms with Crippen LogP contribution in [0.15, 0.2) is 18.2 Å². The molecule has 1 aliphatic rings. The van der Waals surface area contributed by atoms with Gasteiger partial charge in [0, 0.05) is 12.2 Å². The van der Waals surface area contributed by atoms with E-state index in [1.807, 2.05) is 0 Å². The highest BCUT2D eigenvalue weighted by Crippen LogP contribution is 2.29. The van der Waals surface area contributed by atoms with Crippen LogP contribution in [-0.2, 0) is 12.8 Å². The average Bonchev–Trinajstić information content (AvgIpc) is 2.25. The second kappa shape index (κ2) is 4.48. The van der Waals surface area contributed by atoms with Gasteiger partial charge in [-0.25, -0.2) is 0 Å². The van der Waals surface area contributed by atoms with Crippen LogP contribution in [-0.4, -0.2) is 6.54 Å². The van der Waals surface area contributed by atoms with Crippen LogP contribution in [0.1, 0.15) is 44.7 Å². The van der Waals surface area contributed by atoms with Gasteiger partial charge in [0.1, 0.15) is 0 Å². The third-order valence-electron chi connectivity index (χ3n) is 3.31. The summed E-state index contributed by atoms with van der Waals surface area (Å²) in [5.74, 6) is 0. The highest BCUT2D eigenvalue weighted by molar-refractivity contribution is 5.59. The molecule has 0 aromatic heterocycles. The molecule has 0 amide bonds. The van der Waals surface area contributed by atoms with Crippen LogP contribution in [0.4, 0.5) is 5.69 Å². The molecule has 0 unspecified atom stereocenters. The maximum absolute atomic E-state index is 3.57. The number of aryl methyl sites for hydroxylation is 2. The molecule has 1 N–H and O–H groups in total. The number of hydrogen-bond donors (Lipinski definition) is 1. The normalized spacial score (nSPS) is 15.4. The predicted octanol–water partition coefficient (Wildman–Crippen LogP) is 4.02. The topological polar surface area (TPSA) is 12.0 Å². The van der Waals surface area contributed by atoms with Gasteiger partial charge in [0.2, 0.25) is 0 Å². The predicted molar refractivity (Wildman–Crippen MR) is 71.0 cm³/mol. The lowest BCUT2D eigenvalue weighted by atomic mass is 9.87. The van der Waals surface area contributed by atoms with E-state index in [0.717, 1.165) is 6.54 Å². The van der Waals surface area contributed by atoms with Crippen LogP contribution >= 0.6 is 0 Å². The lowest BCUT2D eigenvalue weighted by Crippen LogP contribution is -2.15. The summed E-state index contributed by atoms with van der Waals surface area (Å²) in [5.41, 5.74) is 4.87. The summed E-state index contributed by atoms with van der Waals surface area (Å²) in [7, 11) is 0. The lowest BCUT2D eigenvalue weighted by Gasteiger charge is -2.23. The van der Waals surface area contributed by atoms with E-state index in [1.165, 1.54) is 42.5 Å². The van der Waals surface area contributed by atoms with Crippen LogP contribution in [0.3, 0.4) is 0 Å².